The number of nitrogens with zero attached hydrogens (tertiary/aromatic N) is 2. The van der Waals surface area contributed by atoms with Crippen LogP contribution in [0.25, 0.3) is 10.2 Å². The van der Waals surface area contributed by atoms with Crippen LogP contribution in [0.4, 0.5) is 11.8 Å². The van der Waals surface area contributed by atoms with Crippen LogP contribution in [0.3, 0.4) is 0 Å². The SMILES string of the molecule is CC(Nc1nc(N)nc2sccc12)c1ccc(Cl)cc1. The van der Waals surface area contributed by atoms with E-state index in [9.17, 15) is 0 Å². The Hall–Kier alpha value is -1.85. The molecule has 20 heavy (non-hydrogen) atoms. The van der Waals surface area contributed by atoms with Crippen molar-refractivity contribution in [3.05, 3.63) is 46.3 Å². The Kier molecular flexibility index (Phi) is 3.46. The number of nitrogens with two attached hydrogens (primary N) is 1. The van der Waals surface area contributed by atoms with E-state index in [2.05, 4.69) is 22.2 Å². The number of nitrogens with one attached hydrogen (secondary N) is 1. The molecule has 0 aliphatic rings. The molecule has 0 radical (unpaired) electrons. The van der Waals surface area contributed by atoms with E-state index in [-0.39, 0.29) is 12.0 Å². The van der Waals surface area contributed by atoms with Crippen molar-refractivity contribution in [2.45, 2.75) is 13.0 Å². The Labute approximate surface area is 125 Å². The average molecular weight is 305 g/mol. The van der Waals surface area contributed by atoms with Gasteiger partial charge in [-0.05, 0) is 36.1 Å². The van der Waals surface area contributed by atoms with Crippen LogP contribution in [0.1, 0.15) is 18.5 Å². The van der Waals surface area contributed by atoms with E-state index in [1.807, 2.05) is 35.7 Å². The van der Waals surface area contributed by atoms with Crippen molar-refractivity contribution in [3.8, 4) is 0 Å². The van der Waals surface area contributed by atoms with Crippen molar-refractivity contribution in [3.63, 3.8) is 0 Å². The third-order valence-electron chi connectivity index (χ3n) is 3.07. The van der Waals surface area contributed by atoms with Gasteiger partial charge < -0.3 is 11.1 Å². The van der Waals surface area contributed by atoms with Crippen LogP contribution in [-0.2, 0) is 0 Å². The average Bonchev–Trinajstić information content (AvgIpc) is 2.87. The number of thiophene rings is 1. The van der Waals surface area contributed by atoms with Gasteiger partial charge in [0.2, 0.25) is 5.95 Å². The molecule has 0 saturated heterocycles. The zero-order valence-electron chi connectivity index (χ0n) is 10.8. The second kappa shape index (κ2) is 5.26. The van der Waals surface area contributed by atoms with Gasteiger partial charge in [-0.25, -0.2) is 4.98 Å². The van der Waals surface area contributed by atoms with Gasteiger partial charge in [-0.15, -0.1) is 11.3 Å². The number of hydrogen-bond acceptors (Lipinski definition) is 5. The normalized spacial score (nSPS) is 12.5. The molecule has 4 nitrogen and oxygen atoms in total. The van der Waals surface area contributed by atoms with Gasteiger partial charge in [0, 0.05) is 11.1 Å². The quantitative estimate of drug-likeness (QED) is 0.764. The zero-order valence-corrected chi connectivity index (χ0v) is 12.4. The van der Waals surface area contributed by atoms with Crippen LogP contribution in [0.2, 0.25) is 5.02 Å². The first-order valence-electron chi connectivity index (χ1n) is 6.16. The number of aromatic nitrogens is 2. The summed E-state index contributed by atoms with van der Waals surface area (Å²) in [4.78, 5) is 9.40. The van der Waals surface area contributed by atoms with Crippen LogP contribution in [-0.4, -0.2) is 9.97 Å². The molecule has 0 fully saturated rings. The minimum atomic E-state index is 0.102. The third-order valence-corrected chi connectivity index (χ3v) is 4.12. The van der Waals surface area contributed by atoms with Crippen LogP contribution >= 0.6 is 22.9 Å². The van der Waals surface area contributed by atoms with Crippen molar-refractivity contribution in [2.24, 2.45) is 0 Å². The summed E-state index contributed by atoms with van der Waals surface area (Å²) < 4.78 is 0. The maximum Gasteiger partial charge on any atom is 0.223 e. The van der Waals surface area contributed by atoms with Crippen LogP contribution in [0.15, 0.2) is 35.7 Å². The highest BCUT2D eigenvalue weighted by molar-refractivity contribution is 7.16. The molecule has 3 N–H and O–H groups in total. The first-order chi connectivity index (χ1) is 9.63. The monoisotopic (exact) mass is 304 g/mol. The molecule has 2 aromatic heterocycles. The molecule has 3 rings (SSSR count). The van der Waals surface area contributed by atoms with Gasteiger partial charge in [0.25, 0.3) is 0 Å². The molecule has 2 heterocycles. The predicted octanol–water partition coefficient (Wildman–Crippen LogP) is 4.10. The van der Waals surface area contributed by atoms with Crippen LogP contribution < -0.4 is 11.1 Å². The standard InChI is InChI=1S/C14H13ClN4S/c1-8(9-2-4-10(15)5-3-9)17-12-11-6-7-20-13(11)19-14(16)18-12/h2-8H,1H3,(H3,16,17,18,19). The lowest BCUT2D eigenvalue weighted by molar-refractivity contribution is 0.877. The fourth-order valence-electron chi connectivity index (χ4n) is 2.02. The Bertz CT molecular complexity index is 739. The molecule has 1 aromatic carbocycles. The van der Waals surface area contributed by atoms with Gasteiger partial charge in [0.15, 0.2) is 0 Å². The largest absolute Gasteiger partial charge is 0.368 e. The highest BCUT2D eigenvalue weighted by Gasteiger charge is 2.11. The lowest BCUT2D eigenvalue weighted by atomic mass is 10.1. The molecule has 0 amide bonds. The van der Waals surface area contributed by atoms with Gasteiger partial charge in [0.1, 0.15) is 10.6 Å². The fraction of sp³-hybridized carbons (Fsp3) is 0.143. The van der Waals surface area contributed by atoms with Crippen molar-refractivity contribution in [1.82, 2.24) is 9.97 Å². The van der Waals surface area contributed by atoms with Gasteiger partial charge in [0.05, 0.1) is 5.39 Å². The Balaban J connectivity index is 1.92. The second-order valence-electron chi connectivity index (χ2n) is 4.49. The van der Waals surface area contributed by atoms with Crippen molar-refractivity contribution >= 4 is 44.9 Å². The Morgan fingerprint density at radius 1 is 1.20 bits per heavy atom. The molecular formula is C14H13ClN4S. The Morgan fingerprint density at radius 3 is 2.70 bits per heavy atom. The number of halogens is 1. The first kappa shape index (κ1) is 13.1. The molecule has 1 atom stereocenters. The smallest absolute Gasteiger partial charge is 0.223 e. The number of rotatable bonds is 3. The van der Waals surface area contributed by atoms with Gasteiger partial charge in [-0.3, -0.25) is 0 Å². The number of benzene rings is 1. The van der Waals surface area contributed by atoms with Gasteiger partial charge in [-0.2, -0.15) is 4.98 Å². The molecule has 102 valence electrons. The topological polar surface area (TPSA) is 63.8 Å². The first-order valence-corrected chi connectivity index (χ1v) is 7.42. The zero-order chi connectivity index (χ0) is 14.1. The predicted molar refractivity (Wildman–Crippen MR) is 85.3 cm³/mol. The number of nitrogen functional groups attached to an aromatic ring is 1. The summed E-state index contributed by atoms with van der Waals surface area (Å²) in [5.74, 6) is 1.04. The molecule has 3 aromatic rings. The second-order valence-corrected chi connectivity index (χ2v) is 5.82. The van der Waals surface area contributed by atoms with E-state index in [0.29, 0.717) is 0 Å². The molecular weight excluding hydrogens is 292 g/mol. The summed E-state index contributed by atoms with van der Waals surface area (Å²) in [5, 5.41) is 7.08. The lowest BCUT2D eigenvalue weighted by Crippen LogP contribution is -2.09. The van der Waals surface area contributed by atoms with E-state index in [4.69, 9.17) is 17.3 Å². The maximum atomic E-state index is 5.90. The summed E-state index contributed by atoms with van der Waals surface area (Å²) in [7, 11) is 0. The Morgan fingerprint density at radius 2 is 1.95 bits per heavy atom. The van der Waals surface area contributed by atoms with E-state index >= 15 is 0 Å². The molecule has 0 aliphatic carbocycles. The molecule has 0 aliphatic heterocycles. The third kappa shape index (κ3) is 2.55. The number of hydrogen-bond donors (Lipinski definition) is 2. The summed E-state index contributed by atoms with van der Waals surface area (Å²) in [6, 6.07) is 9.85. The van der Waals surface area contributed by atoms with Crippen LogP contribution in [0, 0.1) is 0 Å². The van der Waals surface area contributed by atoms with Crippen molar-refractivity contribution in [2.75, 3.05) is 11.1 Å². The molecule has 0 saturated carbocycles. The summed E-state index contributed by atoms with van der Waals surface area (Å²) >= 11 is 7.46. The summed E-state index contributed by atoms with van der Waals surface area (Å²) in [5.41, 5.74) is 6.88. The highest BCUT2D eigenvalue weighted by atomic mass is 35.5. The van der Waals surface area contributed by atoms with E-state index in [0.717, 1.165) is 26.6 Å². The highest BCUT2D eigenvalue weighted by Crippen LogP contribution is 2.28. The van der Waals surface area contributed by atoms with E-state index in [1.165, 1.54) is 0 Å². The molecule has 0 spiro atoms. The minimum absolute atomic E-state index is 0.102. The maximum absolute atomic E-state index is 5.90. The van der Waals surface area contributed by atoms with Gasteiger partial charge in [-0.1, -0.05) is 23.7 Å². The van der Waals surface area contributed by atoms with E-state index in [1.54, 1.807) is 11.3 Å². The van der Waals surface area contributed by atoms with E-state index < -0.39 is 0 Å². The van der Waals surface area contributed by atoms with Crippen molar-refractivity contribution in [1.29, 1.82) is 0 Å². The molecule has 6 heteroatoms. The lowest BCUT2D eigenvalue weighted by Gasteiger charge is -2.15. The van der Waals surface area contributed by atoms with Gasteiger partial charge >= 0.3 is 0 Å². The van der Waals surface area contributed by atoms with Crippen molar-refractivity contribution < 1.29 is 0 Å². The fourth-order valence-corrected chi connectivity index (χ4v) is 2.92. The molecule has 1 unspecified atom stereocenters. The number of fused-ring (bicyclic) bond motifs is 1. The minimum Gasteiger partial charge on any atom is -0.368 e. The summed E-state index contributed by atoms with van der Waals surface area (Å²) in [6.45, 7) is 2.07. The molecule has 0 bridgehead atoms. The number of anilines is 2. The van der Waals surface area contributed by atoms with Crippen LogP contribution in [0.5, 0.6) is 0 Å². The summed E-state index contributed by atoms with van der Waals surface area (Å²) in [6.07, 6.45) is 0.